The molecule has 4 nitrogen and oxygen atoms in total. The van der Waals surface area contributed by atoms with Crippen molar-refractivity contribution in [1.29, 1.82) is 0 Å². The summed E-state index contributed by atoms with van der Waals surface area (Å²) in [7, 11) is 1.33. The van der Waals surface area contributed by atoms with Gasteiger partial charge in [-0.25, -0.2) is 9.18 Å². The summed E-state index contributed by atoms with van der Waals surface area (Å²) in [4.78, 5) is 10.7. The van der Waals surface area contributed by atoms with Crippen LogP contribution in [0.15, 0.2) is 18.2 Å². The highest BCUT2D eigenvalue weighted by molar-refractivity contribution is 6.30. The molecule has 16 heavy (non-hydrogen) atoms. The summed E-state index contributed by atoms with van der Waals surface area (Å²) >= 11 is 5.63. The van der Waals surface area contributed by atoms with Crippen molar-refractivity contribution in [3.05, 3.63) is 29.0 Å². The number of benzene rings is 1. The van der Waals surface area contributed by atoms with Gasteiger partial charge in [-0.3, -0.25) is 0 Å². The number of hydrogen-bond donors (Lipinski definition) is 1. The standard InChI is InChI=1S/C10H10ClFO4/c1-15-5-9(10(13)14)16-8-4-6(11)2-3-7(8)12/h2-4,9H,5H2,1H3,(H,13,14). The average molecular weight is 249 g/mol. The number of ether oxygens (including phenoxy) is 2. The van der Waals surface area contributed by atoms with E-state index in [1.165, 1.54) is 19.2 Å². The highest BCUT2D eigenvalue weighted by Crippen LogP contribution is 2.22. The first-order valence-electron chi connectivity index (χ1n) is 4.38. The number of carbonyl (C=O) groups is 1. The van der Waals surface area contributed by atoms with E-state index in [9.17, 15) is 9.18 Å². The van der Waals surface area contributed by atoms with Crippen LogP contribution < -0.4 is 4.74 Å². The normalized spacial score (nSPS) is 12.2. The number of hydrogen-bond acceptors (Lipinski definition) is 3. The summed E-state index contributed by atoms with van der Waals surface area (Å²) in [5, 5.41) is 9.03. The summed E-state index contributed by atoms with van der Waals surface area (Å²) in [5.74, 6) is -2.12. The Morgan fingerprint density at radius 3 is 2.88 bits per heavy atom. The van der Waals surface area contributed by atoms with Gasteiger partial charge in [-0.2, -0.15) is 0 Å². The first-order chi connectivity index (χ1) is 7.54. The largest absolute Gasteiger partial charge is 0.478 e. The van der Waals surface area contributed by atoms with Crippen LogP contribution in [0.5, 0.6) is 5.75 Å². The van der Waals surface area contributed by atoms with Gasteiger partial charge in [0.25, 0.3) is 0 Å². The lowest BCUT2D eigenvalue weighted by atomic mass is 10.3. The molecule has 0 amide bonds. The molecule has 1 atom stereocenters. The molecule has 1 N–H and O–H groups in total. The van der Waals surface area contributed by atoms with Gasteiger partial charge in [0.15, 0.2) is 11.6 Å². The predicted octanol–water partition coefficient (Wildman–Crippen LogP) is 1.96. The number of halogens is 2. The molecule has 0 fully saturated rings. The maximum absolute atomic E-state index is 13.2. The van der Waals surface area contributed by atoms with Gasteiger partial charge in [-0.05, 0) is 12.1 Å². The van der Waals surface area contributed by atoms with Gasteiger partial charge in [0.1, 0.15) is 0 Å². The molecule has 1 aromatic rings. The van der Waals surface area contributed by atoms with Gasteiger partial charge in [0.05, 0.1) is 6.61 Å². The molecule has 0 bridgehead atoms. The fourth-order valence-corrected chi connectivity index (χ4v) is 1.19. The molecule has 0 heterocycles. The Morgan fingerprint density at radius 1 is 1.62 bits per heavy atom. The summed E-state index contributed by atoms with van der Waals surface area (Å²) < 4.78 is 22.8. The van der Waals surface area contributed by atoms with Gasteiger partial charge >= 0.3 is 5.97 Å². The van der Waals surface area contributed by atoms with E-state index in [-0.39, 0.29) is 17.4 Å². The lowest BCUT2D eigenvalue weighted by molar-refractivity contribution is -0.147. The van der Waals surface area contributed by atoms with Crippen molar-refractivity contribution in [3.8, 4) is 5.75 Å². The van der Waals surface area contributed by atoms with Gasteiger partial charge in [0.2, 0.25) is 6.10 Å². The number of aliphatic carboxylic acids is 1. The van der Waals surface area contributed by atoms with Crippen LogP contribution in [0.25, 0.3) is 0 Å². The quantitative estimate of drug-likeness (QED) is 0.865. The number of carboxylic acids is 1. The monoisotopic (exact) mass is 248 g/mol. The van der Waals surface area contributed by atoms with Crippen molar-refractivity contribution in [2.75, 3.05) is 13.7 Å². The topological polar surface area (TPSA) is 55.8 Å². The van der Waals surface area contributed by atoms with Crippen LogP contribution in [0, 0.1) is 5.82 Å². The zero-order chi connectivity index (χ0) is 12.1. The molecule has 0 saturated heterocycles. The predicted molar refractivity (Wildman–Crippen MR) is 55.3 cm³/mol. The van der Waals surface area contributed by atoms with Crippen LogP contribution in [0.2, 0.25) is 5.02 Å². The third-order valence-electron chi connectivity index (χ3n) is 1.76. The number of carboxylic acid groups (broad SMARTS) is 1. The van der Waals surface area contributed by atoms with Crippen LogP contribution in [0.1, 0.15) is 0 Å². The van der Waals surface area contributed by atoms with Crippen molar-refractivity contribution in [3.63, 3.8) is 0 Å². The van der Waals surface area contributed by atoms with Crippen molar-refractivity contribution >= 4 is 17.6 Å². The van der Waals surface area contributed by atoms with Gasteiger partial charge in [-0.1, -0.05) is 11.6 Å². The Kier molecular flexibility index (Phi) is 4.52. The molecule has 1 aromatic carbocycles. The summed E-state index contributed by atoms with van der Waals surface area (Å²) in [5.41, 5.74) is 0. The van der Waals surface area contributed by atoms with E-state index >= 15 is 0 Å². The first kappa shape index (κ1) is 12.7. The Bertz CT molecular complexity index is 383. The molecule has 0 aliphatic rings. The fourth-order valence-electron chi connectivity index (χ4n) is 1.03. The minimum atomic E-state index is -1.27. The molecule has 0 saturated carbocycles. The lowest BCUT2D eigenvalue weighted by Gasteiger charge is -2.14. The Morgan fingerprint density at radius 2 is 2.31 bits per heavy atom. The molecule has 1 unspecified atom stereocenters. The first-order valence-corrected chi connectivity index (χ1v) is 4.76. The number of rotatable bonds is 5. The molecule has 0 aromatic heterocycles. The Balaban J connectivity index is 2.84. The van der Waals surface area contributed by atoms with E-state index < -0.39 is 17.9 Å². The Labute approximate surface area is 96.5 Å². The van der Waals surface area contributed by atoms with Crippen LogP contribution in [0.4, 0.5) is 4.39 Å². The summed E-state index contributed by atoms with van der Waals surface area (Å²) in [6.45, 7) is -0.179. The van der Waals surface area contributed by atoms with Crippen LogP contribution >= 0.6 is 11.6 Å². The van der Waals surface area contributed by atoms with E-state index in [1.54, 1.807) is 0 Å². The molecule has 0 radical (unpaired) electrons. The SMILES string of the molecule is COCC(Oc1cc(Cl)ccc1F)C(=O)O. The van der Waals surface area contributed by atoms with E-state index in [4.69, 9.17) is 21.4 Å². The maximum atomic E-state index is 13.2. The minimum Gasteiger partial charge on any atom is -0.478 e. The average Bonchev–Trinajstić information content (AvgIpc) is 2.22. The van der Waals surface area contributed by atoms with E-state index in [0.29, 0.717) is 0 Å². The highest BCUT2D eigenvalue weighted by atomic mass is 35.5. The smallest absolute Gasteiger partial charge is 0.347 e. The van der Waals surface area contributed by atoms with E-state index in [2.05, 4.69) is 4.74 Å². The van der Waals surface area contributed by atoms with Crippen molar-refractivity contribution < 1.29 is 23.8 Å². The molecule has 0 aliphatic heterocycles. The Hall–Kier alpha value is -1.33. The molecule has 0 aliphatic carbocycles. The van der Waals surface area contributed by atoms with Crippen LogP contribution in [-0.4, -0.2) is 30.9 Å². The zero-order valence-corrected chi connectivity index (χ0v) is 9.20. The van der Waals surface area contributed by atoms with Crippen molar-refractivity contribution in [1.82, 2.24) is 0 Å². The fraction of sp³-hybridized carbons (Fsp3) is 0.300. The van der Waals surface area contributed by atoms with Gasteiger partial charge < -0.3 is 14.6 Å². The van der Waals surface area contributed by atoms with Crippen LogP contribution in [0.3, 0.4) is 0 Å². The van der Waals surface area contributed by atoms with E-state index in [1.807, 2.05) is 0 Å². The second kappa shape index (κ2) is 5.67. The third kappa shape index (κ3) is 3.36. The number of methoxy groups -OCH3 is 1. The maximum Gasteiger partial charge on any atom is 0.347 e. The van der Waals surface area contributed by atoms with Crippen molar-refractivity contribution in [2.45, 2.75) is 6.10 Å². The second-order valence-corrected chi connectivity index (χ2v) is 3.41. The summed E-state index contributed by atoms with van der Waals surface area (Å²) in [6.07, 6.45) is -1.27. The van der Waals surface area contributed by atoms with Gasteiger partial charge in [0, 0.05) is 18.2 Å². The highest BCUT2D eigenvalue weighted by Gasteiger charge is 2.20. The summed E-state index contributed by atoms with van der Waals surface area (Å²) in [6, 6.07) is 3.65. The van der Waals surface area contributed by atoms with Crippen molar-refractivity contribution in [2.24, 2.45) is 0 Å². The molecule has 1 rings (SSSR count). The molecule has 6 heteroatoms. The van der Waals surface area contributed by atoms with Gasteiger partial charge in [-0.15, -0.1) is 0 Å². The molecule has 88 valence electrons. The second-order valence-electron chi connectivity index (χ2n) is 2.97. The van der Waals surface area contributed by atoms with Crippen LogP contribution in [-0.2, 0) is 9.53 Å². The van der Waals surface area contributed by atoms with E-state index in [0.717, 1.165) is 6.07 Å². The zero-order valence-electron chi connectivity index (χ0n) is 8.44. The third-order valence-corrected chi connectivity index (χ3v) is 1.99. The minimum absolute atomic E-state index is 0.179. The molecular formula is C10H10ClFO4. The lowest BCUT2D eigenvalue weighted by Crippen LogP contribution is -2.31. The molecule has 0 spiro atoms. The molecular weight excluding hydrogens is 239 g/mol.